The Morgan fingerprint density at radius 1 is 1.19 bits per heavy atom. The lowest BCUT2D eigenvalue weighted by atomic mass is 10.0. The first-order valence-corrected chi connectivity index (χ1v) is 9.98. The molecular formula is C18H24ClN5OS. The van der Waals surface area contributed by atoms with E-state index >= 15 is 0 Å². The first kappa shape index (κ1) is 19.0. The van der Waals surface area contributed by atoms with Crippen molar-refractivity contribution in [3.63, 3.8) is 0 Å². The molecule has 0 spiro atoms. The summed E-state index contributed by atoms with van der Waals surface area (Å²) in [5.74, 6) is 0.862. The molecule has 0 aliphatic carbocycles. The van der Waals surface area contributed by atoms with Crippen LogP contribution in [0.1, 0.15) is 45.1 Å². The van der Waals surface area contributed by atoms with Crippen molar-refractivity contribution in [2.75, 3.05) is 5.43 Å². The Hall–Kier alpha value is -1.73. The van der Waals surface area contributed by atoms with Crippen LogP contribution in [0.4, 0.5) is 0 Å². The largest absolute Gasteiger partial charge is 0.337 e. The van der Waals surface area contributed by atoms with Crippen LogP contribution in [0.15, 0.2) is 29.4 Å². The number of hydrogen-bond donors (Lipinski definition) is 1. The van der Waals surface area contributed by atoms with E-state index < -0.39 is 0 Å². The smallest absolute Gasteiger partial charge is 0.239 e. The molecule has 2 atom stereocenters. The van der Waals surface area contributed by atoms with Gasteiger partial charge in [0.1, 0.15) is 11.1 Å². The van der Waals surface area contributed by atoms with Crippen LogP contribution in [0.2, 0.25) is 5.02 Å². The van der Waals surface area contributed by atoms with Crippen LogP contribution in [0.5, 0.6) is 0 Å². The van der Waals surface area contributed by atoms with Crippen molar-refractivity contribution < 1.29 is 4.79 Å². The van der Waals surface area contributed by atoms with Gasteiger partial charge in [-0.05, 0) is 52.3 Å². The molecule has 26 heavy (non-hydrogen) atoms. The first-order valence-electron chi connectivity index (χ1n) is 8.72. The molecule has 1 aromatic heterocycles. The lowest BCUT2D eigenvalue weighted by molar-refractivity contribution is -0.134. The molecule has 0 saturated carbocycles. The molecule has 6 nitrogen and oxygen atoms in total. The first-order chi connectivity index (χ1) is 12.3. The van der Waals surface area contributed by atoms with E-state index in [4.69, 9.17) is 11.6 Å². The summed E-state index contributed by atoms with van der Waals surface area (Å²) in [4.78, 5) is 15.4. The Bertz CT molecular complexity index is 781. The van der Waals surface area contributed by atoms with Crippen molar-refractivity contribution >= 4 is 29.3 Å². The molecule has 2 unspecified atom stereocenters. The monoisotopic (exact) mass is 393 g/mol. The van der Waals surface area contributed by atoms with Gasteiger partial charge in [0.25, 0.3) is 0 Å². The van der Waals surface area contributed by atoms with Crippen LogP contribution < -0.4 is 5.43 Å². The number of carbonyl (C=O) groups excluding carboxylic acids is 1. The van der Waals surface area contributed by atoms with Crippen molar-refractivity contribution in [3.05, 3.63) is 40.7 Å². The van der Waals surface area contributed by atoms with Gasteiger partial charge in [-0.25, -0.2) is 4.68 Å². The maximum absolute atomic E-state index is 13.4. The maximum Gasteiger partial charge on any atom is 0.239 e. The Labute approximate surface area is 163 Å². The third-order valence-electron chi connectivity index (χ3n) is 4.44. The summed E-state index contributed by atoms with van der Waals surface area (Å²) >= 11 is 7.50. The molecule has 1 aliphatic rings. The van der Waals surface area contributed by atoms with Gasteiger partial charge in [0, 0.05) is 17.1 Å². The quantitative estimate of drug-likeness (QED) is 0.859. The van der Waals surface area contributed by atoms with Crippen molar-refractivity contribution in [2.45, 2.75) is 63.2 Å². The highest BCUT2D eigenvalue weighted by Gasteiger charge is 2.40. The molecule has 2 aromatic rings. The molecule has 0 bridgehead atoms. The van der Waals surface area contributed by atoms with Gasteiger partial charge in [-0.3, -0.25) is 4.79 Å². The Kier molecular flexibility index (Phi) is 5.48. The van der Waals surface area contributed by atoms with Crippen molar-refractivity contribution in [2.24, 2.45) is 0 Å². The number of amides is 1. The van der Waals surface area contributed by atoms with E-state index in [9.17, 15) is 4.79 Å². The van der Waals surface area contributed by atoms with Crippen molar-refractivity contribution in [1.82, 2.24) is 19.8 Å². The number of carbonyl (C=O) groups is 1. The van der Waals surface area contributed by atoms with Gasteiger partial charge < -0.3 is 10.3 Å². The van der Waals surface area contributed by atoms with Crippen LogP contribution in [-0.2, 0) is 4.79 Å². The molecule has 8 heteroatoms. The molecule has 140 valence electrons. The summed E-state index contributed by atoms with van der Waals surface area (Å²) in [6.45, 7) is 10.1. The van der Waals surface area contributed by atoms with E-state index in [1.54, 1.807) is 0 Å². The second-order valence-electron chi connectivity index (χ2n) is 6.99. The van der Waals surface area contributed by atoms with Crippen LogP contribution >= 0.6 is 23.4 Å². The Balaban J connectivity index is 2.01. The van der Waals surface area contributed by atoms with Gasteiger partial charge in [0.2, 0.25) is 11.1 Å². The molecule has 1 amide bonds. The molecule has 1 aliphatic heterocycles. The molecular weight excluding hydrogens is 370 g/mol. The third-order valence-corrected chi connectivity index (χ3v) is 5.89. The topological polar surface area (TPSA) is 63.1 Å². The molecule has 2 heterocycles. The zero-order valence-corrected chi connectivity index (χ0v) is 17.2. The number of benzene rings is 1. The Morgan fingerprint density at radius 2 is 1.81 bits per heavy atom. The standard InChI is InChI=1S/C18H24ClN5OS/c1-10(2)23(11(3)4)17(25)16-15(13-6-8-14(19)9-7-13)22-24-12(5)20-21-18(24)26-16/h6-11,15-16,22H,1-5H3. The van der Waals surface area contributed by atoms with Crippen LogP contribution in [0, 0.1) is 6.92 Å². The molecule has 0 fully saturated rings. The molecule has 0 saturated heterocycles. The molecule has 0 radical (unpaired) electrons. The number of fused-ring (bicyclic) bond motifs is 1. The van der Waals surface area contributed by atoms with Gasteiger partial charge >= 0.3 is 0 Å². The lowest BCUT2D eigenvalue weighted by Gasteiger charge is -2.39. The summed E-state index contributed by atoms with van der Waals surface area (Å²) in [5.41, 5.74) is 4.43. The number of thioether (sulfide) groups is 1. The zero-order valence-electron chi connectivity index (χ0n) is 15.6. The molecule has 3 rings (SSSR count). The van der Waals surface area contributed by atoms with Gasteiger partial charge in [-0.15, -0.1) is 10.2 Å². The van der Waals surface area contributed by atoms with E-state index in [0.717, 1.165) is 11.4 Å². The SMILES string of the molecule is Cc1nnc2n1NC(c1ccc(Cl)cc1)C(C(=O)N(C(C)C)C(C)C)S2. The van der Waals surface area contributed by atoms with E-state index in [2.05, 4.69) is 15.6 Å². The maximum atomic E-state index is 13.4. The second-order valence-corrected chi connectivity index (χ2v) is 8.54. The predicted octanol–water partition coefficient (Wildman–Crippen LogP) is 3.64. The fourth-order valence-electron chi connectivity index (χ4n) is 3.32. The third kappa shape index (κ3) is 3.55. The van der Waals surface area contributed by atoms with Gasteiger partial charge in [-0.1, -0.05) is 35.5 Å². The minimum atomic E-state index is -0.336. The minimum absolute atomic E-state index is 0.0966. The highest BCUT2D eigenvalue weighted by Crippen LogP contribution is 2.38. The second kappa shape index (κ2) is 7.48. The average Bonchev–Trinajstić information content (AvgIpc) is 2.94. The van der Waals surface area contributed by atoms with Crippen LogP contribution in [0.25, 0.3) is 0 Å². The average molecular weight is 394 g/mol. The van der Waals surface area contributed by atoms with E-state index in [0.29, 0.717) is 10.2 Å². The number of hydrogen-bond acceptors (Lipinski definition) is 5. The molecule has 1 aromatic carbocycles. The van der Waals surface area contributed by atoms with Crippen molar-refractivity contribution in [3.8, 4) is 0 Å². The number of nitrogens with one attached hydrogen (secondary N) is 1. The van der Waals surface area contributed by atoms with Gasteiger partial charge in [-0.2, -0.15) is 0 Å². The Morgan fingerprint density at radius 3 is 2.38 bits per heavy atom. The summed E-state index contributed by atoms with van der Waals surface area (Å²) in [7, 11) is 0. The van der Waals surface area contributed by atoms with Gasteiger partial charge in [0.15, 0.2) is 0 Å². The minimum Gasteiger partial charge on any atom is -0.337 e. The predicted molar refractivity (Wildman–Crippen MR) is 105 cm³/mol. The number of aromatic nitrogens is 3. The fourth-order valence-corrected chi connectivity index (χ4v) is 4.63. The van der Waals surface area contributed by atoms with E-state index in [1.165, 1.54) is 11.8 Å². The number of aryl methyl sites for hydroxylation is 1. The number of rotatable bonds is 4. The summed E-state index contributed by atoms with van der Waals surface area (Å²) in [6.07, 6.45) is 0. The number of nitrogens with zero attached hydrogens (tertiary/aromatic N) is 4. The van der Waals surface area contributed by atoms with Gasteiger partial charge in [0.05, 0.1) is 6.04 Å². The fraction of sp³-hybridized carbons (Fsp3) is 0.500. The lowest BCUT2D eigenvalue weighted by Crippen LogP contribution is -2.50. The van der Waals surface area contributed by atoms with Crippen LogP contribution in [0.3, 0.4) is 0 Å². The highest BCUT2D eigenvalue weighted by molar-refractivity contribution is 8.00. The normalized spacial score (nSPS) is 19.4. The summed E-state index contributed by atoms with van der Waals surface area (Å²) in [5, 5.41) is 9.38. The summed E-state index contributed by atoms with van der Waals surface area (Å²) < 4.78 is 1.85. The zero-order chi connectivity index (χ0) is 19.0. The van der Waals surface area contributed by atoms with Crippen LogP contribution in [-0.4, -0.2) is 43.0 Å². The molecule has 1 N–H and O–H groups in total. The van der Waals surface area contributed by atoms with Crippen molar-refractivity contribution in [1.29, 1.82) is 0 Å². The number of halogens is 1. The van der Waals surface area contributed by atoms with E-state index in [1.807, 2.05) is 68.5 Å². The summed E-state index contributed by atoms with van der Waals surface area (Å²) in [6, 6.07) is 7.66. The highest BCUT2D eigenvalue weighted by atomic mass is 35.5. The van der Waals surface area contributed by atoms with E-state index in [-0.39, 0.29) is 29.3 Å².